The van der Waals surface area contributed by atoms with Gasteiger partial charge in [-0.15, -0.1) is 0 Å². The largest absolute Gasteiger partial charge is 0.454 e. The van der Waals surface area contributed by atoms with Gasteiger partial charge in [0.25, 0.3) is 5.91 Å². The number of fused-ring (bicyclic) bond motifs is 5. The number of aryl methyl sites for hydroxylation is 1. The highest BCUT2D eigenvalue weighted by molar-refractivity contribution is 6.08. The van der Waals surface area contributed by atoms with Crippen molar-refractivity contribution in [2.45, 2.75) is 46.1 Å². The summed E-state index contributed by atoms with van der Waals surface area (Å²) in [6.07, 6.45) is 2.90. The van der Waals surface area contributed by atoms with E-state index in [1.165, 1.54) is 0 Å². The van der Waals surface area contributed by atoms with Crippen LogP contribution in [0.5, 0.6) is 0 Å². The highest BCUT2D eigenvalue weighted by atomic mass is 16.5. The number of hydrogen-bond donors (Lipinski definition) is 1. The van der Waals surface area contributed by atoms with Crippen LogP contribution in [0.1, 0.15) is 38.7 Å². The number of benzene rings is 1. The van der Waals surface area contributed by atoms with E-state index in [9.17, 15) is 19.2 Å². The third-order valence-electron chi connectivity index (χ3n) is 6.88. The monoisotopic (exact) mass is 412 g/mol. The molecule has 2 saturated carbocycles. The average Bonchev–Trinajstić information content (AvgIpc) is 3.38. The van der Waals surface area contributed by atoms with Gasteiger partial charge in [-0.3, -0.25) is 19.3 Å². The van der Waals surface area contributed by atoms with Gasteiger partial charge in [0.05, 0.1) is 11.8 Å². The Morgan fingerprint density at radius 2 is 1.70 bits per heavy atom. The Bertz CT molecular complexity index is 867. The number of ether oxygens (including phenoxy) is 1. The van der Waals surface area contributed by atoms with E-state index in [2.05, 4.69) is 5.32 Å². The van der Waals surface area contributed by atoms with Crippen LogP contribution >= 0.6 is 0 Å². The third kappa shape index (κ3) is 3.40. The number of para-hydroxylation sites is 1. The van der Waals surface area contributed by atoms with Crippen LogP contribution in [0.15, 0.2) is 24.3 Å². The van der Waals surface area contributed by atoms with Crippen LogP contribution < -0.4 is 5.32 Å². The van der Waals surface area contributed by atoms with Gasteiger partial charge in [-0.2, -0.15) is 0 Å². The van der Waals surface area contributed by atoms with Crippen LogP contribution in [0.2, 0.25) is 0 Å². The molecule has 30 heavy (non-hydrogen) atoms. The number of likely N-dealkylation sites (tertiary alicyclic amines) is 1. The lowest BCUT2D eigenvalue weighted by Gasteiger charge is -2.28. The van der Waals surface area contributed by atoms with Crippen molar-refractivity contribution in [2.75, 3.05) is 11.9 Å². The van der Waals surface area contributed by atoms with E-state index in [-0.39, 0.29) is 41.4 Å². The van der Waals surface area contributed by atoms with Gasteiger partial charge < -0.3 is 10.1 Å². The van der Waals surface area contributed by atoms with Crippen LogP contribution in [-0.2, 0) is 23.9 Å². The Hall–Kier alpha value is -2.70. The minimum absolute atomic E-state index is 0.239. The summed E-state index contributed by atoms with van der Waals surface area (Å²) in [5.41, 5.74) is 1.54. The maximum atomic E-state index is 13.1. The Balaban J connectivity index is 1.42. The normalized spacial score (nSPS) is 28.1. The van der Waals surface area contributed by atoms with E-state index < -0.39 is 24.5 Å². The Labute approximate surface area is 176 Å². The lowest BCUT2D eigenvalue weighted by molar-refractivity contribution is -0.162. The molecule has 2 bridgehead atoms. The maximum absolute atomic E-state index is 13.1. The van der Waals surface area contributed by atoms with Gasteiger partial charge in [0.2, 0.25) is 11.8 Å². The van der Waals surface area contributed by atoms with Gasteiger partial charge in [-0.25, -0.2) is 4.79 Å². The standard InChI is InChI=1S/C23H28N2O5/c1-12(2)20(23(29)30-11-17(26)24-16-7-5-4-6-13(16)3)25-21(27)18-14-8-9-15(10-14)19(18)22(25)28/h4-7,12,14-15,18-20H,8-11H2,1-3H3,(H,24,26)/t14-,15-,18-,19-,20+/m0/s1. The molecular formula is C23H28N2O5. The van der Waals surface area contributed by atoms with Gasteiger partial charge in [0.15, 0.2) is 6.61 Å². The number of nitrogens with one attached hydrogen (secondary N) is 1. The van der Waals surface area contributed by atoms with Crippen LogP contribution in [0.4, 0.5) is 5.69 Å². The van der Waals surface area contributed by atoms with Gasteiger partial charge >= 0.3 is 5.97 Å². The molecule has 0 spiro atoms. The molecule has 1 N–H and O–H groups in total. The second kappa shape index (κ2) is 7.85. The lowest BCUT2D eigenvalue weighted by atomic mass is 9.81. The van der Waals surface area contributed by atoms with Crippen molar-refractivity contribution in [3.63, 3.8) is 0 Å². The molecule has 3 fully saturated rings. The number of carbonyl (C=O) groups is 4. The quantitative estimate of drug-likeness (QED) is 0.573. The fourth-order valence-corrected chi connectivity index (χ4v) is 5.50. The van der Waals surface area contributed by atoms with Crippen LogP contribution in [0.25, 0.3) is 0 Å². The first-order valence-corrected chi connectivity index (χ1v) is 10.7. The zero-order valence-electron chi connectivity index (χ0n) is 17.6. The Kier molecular flexibility index (Phi) is 5.38. The topological polar surface area (TPSA) is 92.8 Å². The smallest absolute Gasteiger partial charge is 0.330 e. The number of nitrogens with zero attached hydrogens (tertiary/aromatic N) is 1. The van der Waals surface area contributed by atoms with Crippen molar-refractivity contribution in [3.05, 3.63) is 29.8 Å². The fraction of sp³-hybridized carbons (Fsp3) is 0.565. The van der Waals surface area contributed by atoms with Crippen LogP contribution in [0, 0.1) is 36.5 Å². The molecule has 3 amide bonds. The first-order chi connectivity index (χ1) is 14.3. The van der Waals surface area contributed by atoms with Gasteiger partial charge in [0.1, 0.15) is 6.04 Å². The zero-order chi connectivity index (χ0) is 21.6. The van der Waals surface area contributed by atoms with Crippen molar-refractivity contribution >= 4 is 29.4 Å². The third-order valence-corrected chi connectivity index (χ3v) is 6.88. The highest BCUT2D eigenvalue weighted by Gasteiger charge is 2.62. The molecule has 7 heteroatoms. The molecule has 1 aliphatic heterocycles. The summed E-state index contributed by atoms with van der Waals surface area (Å²) in [4.78, 5) is 52.4. The molecule has 3 aliphatic rings. The van der Waals surface area contributed by atoms with E-state index in [4.69, 9.17) is 4.74 Å². The molecule has 0 radical (unpaired) electrons. The second-order valence-corrected chi connectivity index (χ2v) is 9.09. The van der Waals surface area contributed by atoms with Gasteiger partial charge in [-0.1, -0.05) is 32.0 Å². The molecule has 7 nitrogen and oxygen atoms in total. The molecule has 1 aromatic carbocycles. The van der Waals surface area contributed by atoms with Crippen molar-refractivity contribution in [2.24, 2.45) is 29.6 Å². The number of carbonyl (C=O) groups excluding carboxylic acids is 4. The highest BCUT2D eigenvalue weighted by Crippen LogP contribution is 2.56. The number of imide groups is 1. The summed E-state index contributed by atoms with van der Waals surface area (Å²) in [6, 6.07) is 6.30. The SMILES string of the molecule is Cc1ccccc1NC(=O)COC(=O)[C@@H](C(C)C)N1C(=O)[C@H]2[C@H]3CC[C@@H](C3)[C@@H]2C1=O. The zero-order valence-corrected chi connectivity index (χ0v) is 17.6. The van der Waals surface area contributed by atoms with Crippen molar-refractivity contribution < 1.29 is 23.9 Å². The minimum atomic E-state index is -0.999. The lowest BCUT2D eigenvalue weighted by Crippen LogP contribution is -2.50. The van der Waals surface area contributed by atoms with E-state index in [1.807, 2.05) is 19.1 Å². The molecule has 2 aliphatic carbocycles. The summed E-state index contributed by atoms with van der Waals surface area (Å²) >= 11 is 0. The van der Waals surface area contributed by atoms with Crippen molar-refractivity contribution in [1.82, 2.24) is 4.90 Å². The predicted molar refractivity (Wildman–Crippen MR) is 109 cm³/mol. The van der Waals surface area contributed by atoms with Gasteiger partial charge in [0, 0.05) is 5.69 Å². The molecule has 0 unspecified atom stereocenters. The first-order valence-electron chi connectivity index (χ1n) is 10.7. The van der Waals surface area contributed by atoms with Crippen molar-refractivity contribution in [3.8, 4) is 0 Å². The molecule has 5 atom stereocenters. The second-order valence-electron chi connectivity index (χ2n) is 9.09. The summed E-state index contributed by atoms with van der Waals surface area (Å²) in [6.45, 7) is 4.96. The molecule has 1 saturated heterocycles. The molecule has 0 aromatic heterocycles. The summed E-state index contributed by atoms with van der Waals surface area (Å²) in [7, 11) is 0. The average molecular weight is 412 g/mol. The summed E-state index contributed by atoms with van der Waals surface area (Å²) in [5, 5.41) is 2.71. The van der Waals surface area contributed by atoms with E-state index in [0.717, 1.165) is 29.7 Å². The van der Waals surface area contributed by atoms with Crippen molar-refractivity contribution in [1.29, 1.82) is 0 Å². The number of rotatable bonds is 6. The molecule has 1 heterocycles. The maximum Gasteiger partial charge on any atom is 0.330 e. The fourth-order valence-electron chi connectivity index (χ4n) is 5.50. The number of amides is 3. The number of esters is 1. The van der Waals surface area contributed by atoms with E-state index in [1.54, 1.807) is 26.0 Å². The molecule has 4 rings (SSSR count). The number of anilines is 1. The van der Waals surface area contributed by atoms with Gasteiger partial charge in [-0.05, 0) is 55.6 Å². The molecular weight excluding hydrogens is 384 g/mol. The Morgan fingerprint density at radius 3 is 2.27 bits per heavy atom. The Morgan fingerprint density at radius 1 is 1.10 bits per heavy atom. The van der Waals surface area contributed by atoms with E-state index >= 15 is 0 Å². The molecule has 160 valence electrons. The first kappa shape index (κ1) is 20.6. The minimum Gasteiger partial charge on any atom is -0.454 e. The van der Waals surface area contributed by atoms with Crippen LogP contribution in [-0.4, -0.2) is 41.2 Å². The number of hydrogen-bond acceptors (Lipinski definition) is 5. The predicted octanol–water partition coefficient (Wildman–Crippen LogP) is 2.53. The summed E-state index contributed by atoms with van der Waals surface area (Å²) in [5.74, 6) is -2.01. The summed E-state index contributed by atoms with van der Waals surface area (Å²) < 4.78 is 5.24. The van der Waals surface area contributed by atoms with Crippen LogP contribution in [0.3, 0.4) is 0 Å². The van der Waals surface area contributed by atoms with E-state index in [0.29, 0.717) is 5.69 Å². The molecule has 1 aromatic rings.